The number of aryl methyl sites for hydroxylation is 2. The molecule has 0 saturated carbocycles. The van der Waals surface area contributed by atoms with Crippen molar-refractivity contribution in [1.82, 2.24) is 9.78 Å². The number of ether oxygens (including phenoxy) is 1. The lowest BCUT2D eigenvalue weighted by Crippen LogP contribution is -2.30. The van der Waals surface area contributed by atoms with E-state index in [4.69, 9.17) is 27.9 Å². The van der Waals surface area contributed by atoms with E-state index in [9.17, 15) is 26.4 Å². The Kier molecular flexibility index (Phi) is 8.50. The molecule has 6 nitrogen and oxygen atoms in total. The molecule has 0 bridgehead atoms. The van der Waals surface area contributed by atoms with Gasteiger partial charge in [0.1, 0.15) is 23.9 Å². The number of hydrogen-bond acceptors (Lipinski definition) is 5. The van der Waals surface area contributed by atoms with Crippen LogP contribution in [0.1, 0.15) is 28.9 Å². The first-order valence-corrected chi connectivity index (χ1v) is 12.7. The molecule has 2 aromatic carbocycles. The molecule has 0 fully saturated rings. The minimum absolute atomic E-state index is 0.00944. The molecule has 3 rings (SSSR count). The first-order valence-electron chi connectivity index (χ1n) is 10.3. The van der Waals surface area contributed by atoms with Crippen molar-refractivity contribution in [1.29, 1.82) is 0 Å². The molecule has 0 saturated heterocycles. The van der Waals surface area contributed by atoms with E-state index in [1.54, 1.807) is 48.0 Å². The van der Waals surface area contributed by atoms with Gasteiger partial charge in [-0.25, -0.2) is 8.42 Å². The molecule has 3 aromatic rings. The summed E-state index contributed by atoms with van der Waals surface area (Å²) in [6, 6.07) is 14.1. The zero-order valence-electron chi connectivity index (χ0n) is 18.5. The third kappa shape index (κ3) is 7.46. The van der Waals surface area contributed by atoms with Gasteiger partial charge in [0.2, 0.25) is 0 Å². The Bertz CT molecular complexity index is 1310. The smallest absolute Gasteiger partial charge is 0.489 e. The van der Waals surface area contributed by atoms with Gasteiger partial charge in [0, 0.05) is 27.7 Å². The molecule has 35 heavy (non-hydrogen) atoms. The molecule has 0 aliphatic carbocycles. The quantitative estimate of drug-likeness (QED) is 0.331. The number of carbonyl (C=O) groups is 1. The lowest BCUT2D eigenvalue weighted by atomic mass is 10.2. The van der Waals surface area contributed by atoms with Crippen LogP contribution in [-0.2, 0) is 34.2 Å². The van der Waals surface area contributed by atoms with E-state index in [1.165, 1.54) is 0 Å². The van der Waals surface area contributed by atoms with Crippen molar-refractivity contribution >= 4 is 38.8 Å². The van der Waals surface area contributed by atoms with Crippen LogP contribution in [0.3, 0.4) is 0 Å². The topological polar surface area (TPSA) is 78.3 Å². The maximum absolute atomic E-state index is 12.5. The molecule has 0 atom stereocenters. The minimum Gasteiger partial charge on any atom is -0.489 e. The highest BCUT2D eigenvalue weighted by Gasteiger charge is 2.46. The number of aromatic nitrogens is 2. The number of alkyl halides is 3. The number of nitrogens with zero attached hydrogens (tertiary/aromatic N) is 2. The van der Waals surface area contributed by atoms with E-state index in [-0.39, 0.29) is 12.8 Å². The second-order valence-electron chi connectivity index (χ2n) is 7.85. The molecule has 0 aliphatic heterocycles. The zero-order chi connectivity index (χ0) is 25.8. The maximum Gasteiger partial charge on any atom is 0.497 e. The van der Waals surface area contributed by atoms with Crippen molar-refractivity contribution in [3.8, 4) is 5.75 Å². The summed E-state index contributed by atoms with van der Waals surface area (Å²) in [5.74, 6) is -2.01. The summed E-state index contributed by atoms with van der Waals surface area (Å²) < 4.78 is 67.3. The van der Waals surface area contributed by atoms with Gasteiger partial charge in [-0.15, -0.1) is 0 Å². The van der Waals surface area contributed by atoms with Crippen LogP contribution < -0.4 is 4.74 Å². The van der Waals surface area contributed by atoms with Gasteiger partial charge in [0.05, 0.1) is 12.2 Å². The van der Waals surface area contributed by atoms with Crippen LogP contribution >= 0.6 is 23.2 Å². The molecule has 1 heterocycles. The highest BCUT2D eigenvalue weighted by molar-refractivity contribution is 7.92. The summed E-state index contributed by atoms with van der Waals surface area (Å²) in [6.45, 7) is 2.38. The molecule has 0 radical (unpaired) electrons. The van der Waals surface area contributed by atoms with Crippen LogP contribution in [0.5, 0.6) is 5.75 Å². The molecule has 0 spiro atoms. The summed E-state index contributed by atoms with van der Waals surface area (Å²) in [5, 5.41) is 5.52. The van der Waals surface area contributed by atoms with Crippen LogP contribution in [0.25, 0.3) is 0 Å². The van der Waals surface area contributed by atoms with Crippen LogP contribution in [-0.4, -0.2) is 35.2 Å². The molecule has 188 valence electrons. The van der Waals surface area contributed by atoms with Crippen molar-refractivity contribution in [2.75, 3.05) is 5.75 Å². The second kappa shape index (κ2) is 11.0. The van der Waals surface area contributed by atoms with E-state index in [0.29, 0.717) is 34.6 Å². The largest absolute Gasteiger partial charge is 0.497 e. The van der Waals surface area contributed by atoms with E-state index < -0.39 is 26.9 Å². The molecule has 0 aliphatic rings. The predicted octanol–water partition coefficient (Wildman–Crippen LogP) is 5.56. The van der Waals surface area contributed by atoms with Crippen molar-refractivity contribution in [2.45, 2.75) is 38.4 Å². The number of halogens is 5. The van der Waals surface area contributed by atoms with E-state index in [2.05, 4.69) is 5.10 Å². The van der Waals surface area contributed by atoms with Crippen molar-refractivity contribution in [3.63, 3.8) is 0 Å². The Labute approximate surface area is 210 Å². The first kappa shape index (κ1) is 27.0. The first-order chi connectivity index (χ1) is 16.3. The lowest BCUT2D eigenvalue weighted by molar-refractivity contribution is -0.117. The molecule has 0 amide bonds. The fourth-order valence-electron chi connectivity index (χ4n) is 3.21. The van der Waals surface area contributed by atoms with E-state index in [0.717, 1.165) is 16.8 Å². The van der Waals surface area contributed by atoms with Crippen molar-refractivity contribution in [3.05, 3.63) is 81.1 Å². The van der Waals surface area contributed by atoms with E-state index in [1.807, 2.05) is 12.1 Å². The zero-order valence-corrected chi connectivity index (χ0v) is 20.8. The number of hydrogen-bond donors (Lipinski definition) is 0. The van der Waals surface area contributed by atoms with Crippen LogP contribution in [0.2, 0.25) is 10.0 Å². The fourth-order valence-corrected chi connectivity index (χ4v) is 4.26. The summed E-state index contributed by atoms with van der Waals surface area (Å²) in [7, 11) is -5.49. The average molecular weight is 549 g/mol. The summed E-state index contributed by atoms with van der Waals surface area (Å²) >= 11 is 12.1. The number of sulfone groups is 1. The summed E-state index contributed by atoms with van der Waals surface area (Å²) in [6.07, 6.45) is -0.367. The van der Waals surface area contributed by atoms with Gasteiger partial charge >= 0.3 is 5.51 Å². The maximum atomic E-state index is 12.5. The molecular formula is C23H21Cl2F3N2O4S. The Hall–Kier alpha value is -2.56. The molecule has 12 heteroatoms. The molecule has 0 N–H and O–H groups in total. The SMILES string of the molecule is Cc1cc(CCC(=O)CS(=O)(=O)C(F)(F)F)nn1Cc1cc(Cl)ccc1OCc1ccc(Cl)cc1. The number of Topliss-reactive ketones (excluding diaryl/α,β-unsaturated/α-hetero) is 1. The minimum atomic E-state index is -5.49. The van der Waals surface area contributed by atoms with Crippen LogP contribution in [0.15, 0.2) is 48.5 Å². The van der Waals surface area contributed by atoms with E-state index >= 15 is 0 Å². The van der Waals surface area contributed by atoms with Crippen molar-refractivity contribution < 1.29 is 31.1 Å². The number of carbonyl (C=O) groups excluding carboxylic acids is 1. The third-order valence-corrected chi connectivity index (χ3v) is 6.94. The lowest BCUT2D eigenvalue weighted by Gasteiger charge is -2.13. The average Bonchev–Trinajstić information content (AvgIpc) is 3.11. The summed E-state index contributed by atoms with van der Waals surface area (Å²) in [5.41, 5.74) is -2.60. The molecule has 0 unspecified atom stereocenters. The fraction of sp³-hybridized carbons (Fsp3) is 0.304. The second-order valence-corrected chi connectivity index (χ2v) is 10.7. The molecular weight excluding hydrogens is 528 g/mol. The highest BCUT2D eigenvalue weighted by atomic mass is 35.5. The van der Waals surface area contributed by atoms with Crippen LogP contribution in [0.4, 0.5) is 13.2 Å². The van der Waals surface area contributed by atoms with Gasteiger partial charge in [-0.2, -0.15) is 18.3 Å². The Morgan fingerprint density at radius 3 is 2.37 bits per heavy atom. The normalized spacial score (nSPS) is 12.1. The van der Waals surface area contributed by atoms with Crippen molar-refractivity contribution in [2.24, 2.45) is 0 Å². The standard InChI is InChI=1S/C23H21Cl2F3N2O4S/c1-15-10-20(7-8-21(31)14-35(32,33)23(26,27)28)29-30(15)12-17-11-19(25)6-9-22(17)34-13-16-2-4-18(24)5-3-16/h2-6,9-11H,7-8,12-14H2,1H3. The number of benzene rings is 2. The van der Waals surface area contributed by atoms with Gasteiger partial charge in [0.25, 0.3) is 9.84 Å². The molecule has 1 aromatic heterocycles. The Morgan fingerprint density at radius 2 is 1.71 bits per heavy atom. The monoisotopic (exact) mass is 548 g/mol. The van der Waals surface area contributed by atoms with Gasteiger partial charge in [0.15, 0.2) is 0 Å². The highest BCUT2D eigenvalue weighted by Crippen LogP contribution is 2.26. The van der Waals surface area contributed by atoms with Gasteiger partial charge in [-0.3, -0.25) is 9.48 Å². The Morgan fingerprint density at radius 1 is 1.06 bits per heavy atom. The number of ketones is 1. The van der Waals surface area contributed by atoms with Gasteiger partial charge < -0.3 is 4.74 Å². The van der Waals surface area contributed by atoms with Gasteiger partial charge in [-0.05, 0) is 55.3 Å². The summed E-state index contributed by atoms with van der Waals surface area (Å²) in [4.78, 5) is 11.8. The Balaban J connectivity index is 1.67. The van der Waals surface area contributed by atoms with Crippen LogP contribution in [0, 0.1) is 6.92 Å². The number of rotatable bonds is 10. The third-order valence-electron chi connectivity index (χ3n) is 5.05. The predicted molar refractivity (Wildman–Crippen MR) is 126 cm³/mol. The van der Waals surface area contributed by atoms with Gasteiger partial charge in [-0.1, -0.05) is 35.3 Å².